The predicted molar refractivity (Wildman–Crippen MR) is 97.8 cm³/mol. The van der Waals surface area contributed by atoms with Crippen molar-refractivity contribution in [3.63, 3.8) is 0 Å². The lowest BCUT2D eigenvalue weighted by Crippen LogP contribution is -2.38. The van der Waals surface area contributed by atoms with Crippen molar-refractivity contribution in [1.29, 1.82) is 0 Å². The van der Waals surface area contributed by atoms with Crippen molar-refractivity contribution >= 4 is 29.1 Å². The Morgan fingerprint density at radius 2 is 1.88 bits per heavy atom. The molecular formula is C20H19ClN2O2. The molecule has 2 amide bonds. The SMILES string of the molecule is O=C1CC(C(=O)NCC2(c3ccc(Cl)cc3)CC2)c2ccccc2N1. The van der Waals surface area contributed by atoms with E-state index in [-0.39, 0.29) is 23.7 Å². The van der Waals surface area contributed by atoms with Gasteiger partial charge in [0.25, 0.3) is 0 Å². The van der Waals surface area contributed by atoms with Gasteiger partial charge in [-0.2, -0.15) is 0 Å². The molecule has 0 saturated heterocycles. The molecule has 1 saturated carbocycles. The number of nitrogens with one attached hydrogen (secondary N) is 2. The Labute approximate surface area is 151 Å². The zero-order chi connectivity index (χ0) is 17.4. The second kappa shape index (κ2) is 6.19. The van der Waals surface area contributed by atoms with Crippen LogP contribution in [0.25, 0.3) is 0 Å². The lowest BCUT2D eigenvalue weighted by Gasteiger charge is -2.26. The molecule has 0 radical (unpaired) electrons. The number of amides is 2. The van der Waals surface area contributed by atoms with Gasteiger partial charge in [-0.1, -0.05) is 41.9 Å². The van der Waals surface area contributed by atoms with Crippen molar-refractivity contribution in [2.75, 3.05) is 11.9 Å². The maximum Gasteiger partial charge on any atom is 0.228 e. The monoisotopic (exact) mass is 354 g/mol. The zero-order valence-electron chi connectivity index (χ0n) is 13.7. The van der Waals surface area contributed by atoms with Crippen molar-refractivity contribution in [3.8, 4) is 0 Å². The van der Waals surface area contributed by atoms with Crippen LogP contribution in [0.3, 0.4) is 0 Å². The van der Waals surface area contributed by atoms with Crippen LogP contribution in [-0.4, -0.2) is 18.4 Å². The van der Waals surface area contributed by atoms with E-state index in [4.69, 9.17) is 11.6 Å². The minimum atomic E-state index is -0.425. The van der Waals surface area contributed by atoms with Gasteiger partial charge in [0.15, 0.2) is 0 Å². The molecule has 2 aromatic rings. The number of hydrogen-bond acceptors (Lipinski definition) is 2. The quantitative estimate of drug-likeness (QED) is 0.881. The van der Waals surface area contributed by atoms with E-state index >= 15 is 0 Å². The third-order valence-corrected chi connectivity index (χ3v) is 5.48. The summed E-state index contributed by atoms with van der Waals surface area (Å²) in [5, 5.41) is 6.62. The average molecular weight is 355 g/mol. The first-order valence-electron chi connectivity index (χ1n) is 8.50. The molecule has 1 aliphatic heterocycles. The van der Waals surface area contributed by atoms with E-state index in [2.05, 4.69) is 10.6 Å². The fourth-order valence-electron chi connectivity index (χ4n) is 3.55. The molecule has 0 spiro atoms. The molecule has 1 aliphatic carbocycles. The zero-order valence-corrected chi connectivity index (χ0v) is 14.5. The Bertz CT molecular complexity index is 828. The van der Waals surface area contributed by atoms with Gasteiger partial charge in [-0.15, -0.1) is 0 Å². The highest BCUT2D eigenvalue weighted by Gasteiger charge is 2.44. The first-order chi connectivity index (χ1) is 12.1. The van der Waals surface area contributed by atoms with E-state index in [1.165, 1.54) is 5.56 Å². The lowest BCUT2D eigenvalue weighted by molar-refractivity contribution is -0.126. The van der Waals surface area contributed by atoms with Crippen molar-refractivity contribution in [2.24, 2.45) is 0 Å². The standard InChI is InChI=1S/C20H19ClN2O2/c21-14-7-5-13(6-8-14)20(9-10-20)12-22-19(25)16-11-18(24)23-17-4-2-1-3-15(16)17/h1-8,16H,9-12H2,(H,22,25)(H,23,24). The summed E-state index contributed by atoms with van der Waals surface area (Å²) in [5.41, 5.74) is 2.84. The fraction of sp³-hybridized carbons (Fsp3) is 0.300. The highest BCUT2D eigenvalue weighted by atomic mass is 35.5. The highest BCUT2D eigenvalue weighted by Crippen LogP contribution is 2.48. The number of rotatable bonds is 4. The maximum absolute atomic E-state index is 12.8. The van der Waals surface area contributed by atoms with Crippen LogP contribution in [0.4, 0.5) is 5.69 Å². The minimum absolute atomic E-state index is 0.0106. The van der Waals surface area contributed by atoms with E-state index in [0.717, 1.165) is 24.1 Å². The van der Waals surface area contributed by atoms with Crippen LogP contribution < -0.4 is 10.6 Å². The first kappa shape index (κ1) is 16.2. The molecule has 2 aromatic carbocycles. The molecule has 1 unspecified atom stereocenters. The van der Waals surface area contributed by atoms with E-state index < -0.39 is 5.92 Å². The molecule has 4 nitrogen and oxygen atoms in total. The van der Waals surface area contributed by atoms with Gasteiger partial charge in [0, 0.05) is 29.1 Å². The van der Waals surface area contributed by atoms with Gasteiger partial charge in [0.2, 0.25) is 11.8 Å². The van der Waals surface area contributed by atoms with Gasteiger partial charge < -0.3 is 10.6 Å². The Morgan fingerprint density at radius 1 is 1.16 bits per heavy atom. The van der Waals surface area contributed by atoms with Crippen LogP contribution in [0.1, 0.15) is 36.3 Å². The van der Waals surface area contributed by atoms with E-state index in [9.17, 15) is 9.59 Å². The van der Waals surface area contributed by atoms with Crippen LogP contribution >= 0.6 is 11.6 Å². The summed E-state index contributed by atoms with van der Waals surface area (Å²) >= 11 is 5.97. The van der Waals surface area contributed by atoms with Gasteiger partial charge in [0.05, 0.1) is 5.92 Å². The van der Waals surface area contributed by atoms with Gasteiger partial charge in [0.1, 0.15) is 0 Å². The summed E-state index contributed by atoms with van der Waals surface area (Å²) in [6, 6.07) is 15.3. The largest absolute Gasteiger partial charge is 0.355 e. The summed E-state index contributed by atoms with van der Waals surface area (Å²) in [6.45, 7) is 0.591. The Balaban J connectivity index is 1.48. The highest BCUT2D eigenvalue weighted by molar-refractivity contribution is 6.30. The molecule has 0 bridgehead atoms. The van der Waals surface area contributed by atoms with E-state index in [0.29, 0.717) is 11.6 Å². The van der Waals surface area contributed by atoms with Crippen molar-refractivity contribution in [3.05, 3.63) is 64.7 Å². The molecular weight excluding hydrogens is 336 g/mol. The Hall–Kier alpha value is -2.33. The molecule has 2 N–H and O–H groups in total. The Kier molecular flexibility index (Phi) is 4.00. The summed E-state index contributed by atoms with van der Waals surface area (Å²) in [4.78, 5) is 24.7. The number of hydrogen-bond donors (Lipinski definition) is 2. The van der Waals surface area contributed by atoms with Crippen molar-refractivity contribution in [2.45, 2.75) is 30.6 Å². The lowest BCUT2D eigenvalue weighted by atomic mass is 9.89. The molecule has 0 aromatic heterocycles. The van der Waals surface area contributed by atoms with Crippen LogP contribution in [0.5, 0.6) is 0 Å². The number of fused-ring (bicyclic) bond motifs is 1. The normalized spacial score (nSPS) is 20.4. The number of para-hydroxylation sites is 1. The van der Waals surface area contributed by atoms with Crippen molar-refractivity contribution < 1.29 is 9.59 Å². The summed E-state index contributed by atoms with van der Waals surface area (Å²) < 4.78 is 0. The van der Waals surface area contributed by atoms with E-state index in [1.807, 2.05) is 48.5 Å². The number of carbonyl (C=O) groups is 2. The van der Waals surface area contributed by atoms with Gasteiger partial charge in [-0.3, -0.25) is 9.59 Å². The molecule has 25 heavy (non-hydrogen) atoms. The molecule has 1 atom stereocenters. The van der Waals surface area contributed by atoms with E-state index in [1.54, 1.807) is 0 Å². The molecule has 128 valence electrons. The maximum atomic E-state index is 12.8. The summed E-state index contributed by atoms with van der Waals surface area (Å²) in [5.74, 6) is -0.619. The van der Waals surface area contributed by atoms with Gasteiger partial charge >= 0.3 is 0 Å². The number of benzene rings is 2. The van der Waals surface area contributed by atoms with Gasteiger partial charge in [-0.05, 0) is 42.2 Å². The molecule has 2 aliphatic rings. The van der Waals surface area contributed by atoms with Crippen LogP contribution in [0.2, 0.25) is 5.02 Å². The number of halogens is 1. The molecule has 1 heterocycles. The molecule has 5 heteroatoms. The number of anilines is 1. The second-order valence-electron chi connectivity index (χ2n) is 6.90. The fourth-order valence-corrected chi connectivity index (χ4v) is 3.67. The van der Waals surface area contributed by atoms with Crippen LogP contribution in [0, 0.1) is 0 Å². The Morgan fingerprint density at radius 3 is 2.60 bits per heavy atom. The van der Waals surface area contributed by atoms with Crippen LogP contribution in [0.15, 0.2) is 48.5 Å². The molecule has 4 rings (SSSR count). The number of carbonyl (C=O) groups excluding carboxylic acids is 2. The van der Waals surface area contributed by atoms with Gasteiger partial charge in [-0.25, -0.2) is 0 Å². The average Bonchev–Trinajstić information content (AvgIpc) is 3.40. The predicted octanol–water partition coefficient (Wildman–Crippen LogP) is 3.61. The minimum Gasteiger partial charge on any atom is -0.355 e. The topological polar surface area (TPSA) is 58.2 Å². The summed E-state index contributed by atoms with van der Waals surface area (Å²) in [7, 11) is 0. The smallest absolute Gasteiger partial charge is 0.228 e. The second-order valence-corrected chi connectivity index (χ2v) is 7.33. The third kappa shape index (κ3) is 3.14. The first-order valence-corrected chi connectivity index (χ1v) is 8.88. The molecule has 1 fully saturated rings. The van der Waals surface area contributed by atoms with Crippen LogP contribution in [-0.2, 0) is 15.0 Å². The summed E-state index contributed by atoms with van der Waals surface area (Å²) in [6.07, 6.45) is 2.30. The van der Waals surface area contributed by atoms with Crippen molar-refractivity contribution in [1.82, 2.24) is 5.32 Å². The third-order valence-electron chi connectivity index (χ3n) is 5.23.